The summed E-state index contributed by atoms with van der Waals surface area (Å²) in [4.78, 5) is 16.2. The minimum absolute atomic E-state index is 0.0465. The number of carbonyl (C=O) groups is 1. The number of carbonyl (C=O) groups excluding carboxylic acids is 1. The molecule has 1 saturated carbocycles. The van der Waals surface area contributed by atoms with Crippen molar-refractivity contribution >= 4 is 11.9 Å². The fourth-order valence-corrected chi connectivity index (χ4v) is 2.87. The molecule has 23 heavy (non-hydrogen) atoms. The Morgan fingerprint density at radius 1 is 1.13 bits per heavy atom. The Labute approximate surface area is 139 Å². The van der Waals surface area contributed by atoms with Gasteiger partial charge in [0.2, 0.25) is 0 Å². The van der Waals surface area contributed by atoms with Crippen LogP contribution in [0.1, 0.15) is 43.0 Å². The molecular weight excluding hydrogens is 288 g/mol. The lowest BCUT2D eigenvalue weighted by Gasteiger charge is -2.41. The van der Waals surface area contributed by atoms with Crippen molar-refractivity contribution < 1.29 is 4.79 Å². The molecule has 0 unspecified atom stereocenters. The zero-order chi connectivity index (χ0) is 16.5. The molecule has 0 heterocycles. The fourth-order valence-electron chi connectivity index (χ4n) is 2.87. The first-order chi connectivity index (χ1) is 11.2. The first-order valence-electron chi connectivity index (χ1n) is 8.47. The minimum Gasteiger partial charge on any atom is -0.356 e. The standard InChI is InChI=1S/C18H28N4O/c1-3-18(10-7-11-18)14-22-17(19-2)21-13-12-20-16(23)15-8-5-4-6-9-15/h4-6,8-9H,3,7,10-14H2,1-2H3,(H,20,23)(H2,19,21,22). The number of hydrogen-bond donors (Lipinski definition) is 3. The molecule has 1 aromatic carbocycles. The number of hydrogen-bond acceptors (Lipinski definition) is 2. The van der Waals surface area contributed by atoms with Crippen LogP contribution in [-0.4, -0.2) is 38.5 Å². The van der Waals surface area contributed by atoms with Crippen LogP contribution in [0.2, 0.25) is 0 Å². The summed E-state index contributed by atoms with van der Waals surface area (Å²) < 4.78 is 0. The normalized spacial score (nSPS) is 16.3. The van der Waals surface area contributed by atoms with Crippen molar-refractivity contribution in [1.29, 1.82) is 0 Å². The van der Waals surface area contributed by atoms with Crippen molar-refractivity contribution in [3.8, 4) is 0 Å². The van der Waals surface area contributed by atoms with Gasteiger partial charge in [0, 0.05) is 32.2 Å². The third kappa shape index (κ3) is 4.98. The molecular formula is C18H28N4O. The maximum atomic E-state index is 11.9. The highest BCUT2D eigenvalue weighted by atomic mass is 16.1. The summed E-state index contributed by atoms with van der Waals surface area (Å²) in [7, 11) is 1.78. The third-order valence-corrected chi connectivity index (χ3v) is 4.76. The fraction of sp³-hybridized carbons (Fsp3) is 0.556. The Kier molecular flexibility index (Phi) is 6.44. The van der Waals surface area contributed by atoms with Gasteiger partial charge in [-0.3, -0.25) is 9.79 Å². The number of benzene rings is 1. The van der Waals surface area contributed by atoms with Crippen molar-refractivity contribution in [3.05, 3.63) is 35.9 Å². The Morgan fingerprint density at radius 3 is 2.39 bits per heavy atom. The molecule has 126 valence electrons. The van der Waals surface area contributed by atoms with Crippen molar-refractivity contribution in [2.24, 2.45) is 10.4 Å². The highest BCUT2D eigenvalue weighted by molar-refractivity contribution is 5.94. The van der Waals surface area contributed by atoms with Gasteiger partial charge in [-0.15, -0.1) is 0 Å². The predicted octanol–water partition coefficient (Wildman–Crippen LogP) is 2.16. The van der Waals surface area contributed by atoms with Crippen molar-refractivity contribution in [2.75, 3.05) is 26.7 Å². The van der Waals surface area contributed by atoms with Crippen molar-refractivity contribution in [2.45, 2.75) is 32.6 Å². The average molecular weight is 316 g/mol. The number of amides is 1. The van der Waals surface area contributed by atoms with Gasteiger partial charge in [0.05, 0.1) is 0 Å². The van der Waals surface area contributed by atoms with E-state index in [1.54, 1.807) is 7.05 Å². The Morgan fingerprint density at radius 2 is 1.83 bits per heavy atom. The van der Waals surface area contributed by atoms with Crippen LogP contribution in [0, 0.1) is 5.41 Å². The second kappa shape index (κ2) is 8.56. The van der Waals surface area contributed by atoms with Crippen LogP contribution >= 0.6 is 0 Å². The van der Waals surface area contributed by atoms with Gasteiger partial charge in [0.25, 0.3) is 5.91 Å². The predicted molar refractivity (Wildman–Crippen MR) is 94.7 cm³/mol. The second-order valence-corrected chi connectivity index (χ2v) is 6.18. The topological polar surface area (TPSA) is 65.5 Å². The summed E-state index contributed by atoms with van der Waals surface area (Å²) in [6.07, 6.45) is 5.17. The Hall–Kier alpha value is -2.04. The summed E-state index contributed by atoms with van der Waals surface area (Å²) in [5.41, 5.74) is 1.14. The van der Waals surface area contributed by atoms with Crippen LogP contribution in [0.15, 0.2) is 35.3 Å². The largest absolute Gasteiger partial charge is 0.356 e. The molecule has 0 atom stereocenters. The minimum atomic E-state index is -0.0465. The summed E-state index contributed by atoms with van der Waals surface area (Å²) in [6, 6.07) is 9.25. The quantitative estimate of drug-likeness (QED) is 0.410. The summed E-state index contributed by atoms with van der Waals surface area (Å²) in [5, 5.41) is 9.55. The maximum absolute atomic E-state index is 11.9. The lowest BCUT2D eigenvalue weighted by molar-refractivity contribution is 0.0954. The molecule has 5 heteroatoms. The molecule has 0 radical (unpaired) electrons. The third-order valence-electron chi connectivity index (χ3n) is 4.76. The lowest BCUT2D eigenvalue weighted by Crippen LogP contribution is -2.47. The van der Waals surface area contributed by atoms with E-state index in [2.05, 4.69) is 27.9 Å². The number of nitrogens with zero attached hydrogens (tertiary/aromatic N) is 1. The average Bonchev–Trinajstić information content (AvgIpc) is 2.56. The molecule has 0 aliphatic heterocycles. The number of guanidine groups is 1. The molecule has 1 amide bonds. The van der Waals surface area contributed by atoms with Crippen molar-refractivity contribution in [1.82, 2.24) is 16.0 Å². The first kappa shape index (κ1) is 17.3. The van der Waals surface area contributed by atoms with Gasteiger partial charge in [0.15, 0.2) is 5.96 Å². The van der Waals surface area contributed by atoms with E-state index in [4.69, 9.17) is 0 Å². The monoisotopic (exact) mass is 316 g/mol. The van der Waals surface area contributed by atoms with Gasteiger partial charge in [-0.05, 0) is 36.8 Å². The highest BCUT2D eigenvalue weighted by Gasteiger charge is 2.34. The van der Waals surface area contributed by atoms with E-state index in [0.29, 0.717) is 24.1 Å². The molecule has 1 aromatic rings. The highest BCUT2D eigenvalue weighted by Crippen LogP contribution is 2.42. The van der Waals surface area contributed by atoms with Crippen LogP contribution in [-0.2, 0) is 0 Å². The smallest absolute Gasteiger partial charge is 0.251 e. The van der Waals surface area contributed by atoms with Gasteiger partial charge in [-0.2, -0.15) is 0 Å². The zero-order valence-corrected chi connectivity index (χ0v) is 14.2. The van der Waals surface area contributed by atoms with E-state index in [-0.39, 0.29) is 5.91 Å². The van der Waals surface area contributed by atoms with Gasteiger partial charge >= 0.3 is 0 Å². The van der Waals surface area contributed by atoms with E-state index in [1.807, 2.05) is 30.3 Å². The molecule has 0 bridgehead atoms. The van der Waals surface area contributed by atoms with Crippen molar-refractivity contribution in [3.63, 3.8) is 0 Å². The van der Waals surface area contributed by atoms with E-state index in [0.717, 1.165) is 12.5 Å². The Balaban J connectivity index is 1.65. The zero-order valence-electron chi connectivity index (χ0n) is 14.2. The molecule has 2 rings (SSSR count). The van der Waals surface area contributed by atoms with E-state index < -0.39 is 0 Å². The number of nitrogens with one attached hydrogen (secondary N) is 3. The van der Waals surface area contributed by atoms with Gasteiger partial charge < -0.3 is 16.0 Å². The SMILES string of the molecule is CCC1(CNC(=NC)NCCNC(=O)c2ccccc2)CCC1. The molecule has 1 fully saturated rings. The van der Waals surface area contributed by atoms with E-state index in [1.165, 1.54) is 25.7 Å². The maximum Gasteiger partial charge on any atom is 0.251 e. The summed E-state index contributed by atoms with van der Waals surface area (Å²) >= 11 is 0. The second-order valence-electron chi connectivity index (χ2n) is 6.18. The molecule has 3 N–H and O–H groups in total. The number of rotatable bonds is 7. The summed E-state index contributed by atoms with van der Waals surface area (Å²) in [6.45, 7) is 4.44. The molecule has 0 saturated heterocycles. The first-order valence-corrected chi connectivity index (χ1v) is 8.47. The van der Waals surface area contributed by atoms with Crippen LogP contribution in [0.3, 0.4) is 0 Å². The molecule has 0 aromatic heterocycles. The Bertz CT molecular complexity index is 518. The van der Waals surface area contributed by atoms with Gasteiger partial charge in [-0.25, -0.2) is 0 Å². The molecule has 1 aliphatic rings. The lowest BCUT2D eigenvalue weighted by atomic mass is 9.67. The van der Waals surface area contributed by atoms with Crippen LogP contribution in [0.5, 0.6) is 0 Å². The van der Waals surface area contributed by atoms with Gasteiger partial charge in [-0.1, -0.05) is 31.5 Å². The number of aliphatic imine (C=N–C) groups is 1. The molecule has 0 spiro atoms. The van der Waals surface area contributed by atoms with Crippen LogP contribution < -0.4 is 16.0 Å². The van der Waals surface area contributed by atoms with E-state index in [9.17, 15) is 4.79 Å². The molecule has 5 nitrogen and oxygen atoms in total. The van der Waals surface area contributed by atoms with Crippen LogP contribution in [0.4, 0.5) is 0 Å². The van der Waals surface area contributed by atoms with Crippen LogP contribution in [0.25, 0.3) is 0 Å². The van der Waals surface area contributed by atoms with E-state index >= 15 is 0 Å². The summed E-state index contributed by atoms with van der Waals surface area (Å²) in [5.74, 6) is 0.758. The van der Waals surface area contributed by atoms with Gasteiger partial charge in [0.1, 0.15) is 0 Å². The molecule has 1 aliphatic carbocycles.